The Bertz CT molecular complexity index is 766. The number of carboxylic acid groups (broad SMARTS) is 1. The maximum Gasteiger partial charge on any atom is 0.310 e. The lowest BCUT2D eigenvalue weighted by Gasteiger charge is -2.45. The van der Waals surface area contributed by atoms with Crippen LogP contribution in [-0.4, -0.2) is 42.6 Å². The van der Waals surface area contributed by atoms with Gasteiger partial charge in [-0.15, -0.1) is 0 Å². The van der Waals surface area contributed by atoms with E-state index < -0.39 is 43.7 Å². The number of carbonyl (C=O) groups excluding carboxylic acids is 2. The van der Waals surface area contributed by atoms with Crippen LogP contribution in [0.15, 0.2) is 18.2 Å². The maximum atomic E-state index is 12.7. The summed E-state index contributed by atoms with van der Waals surface area (Å²) in [6.07, 6.45) is 0.139. The predicted octanol–water partition coefficient (Wildman–Crippen LogP) is 2.74. The van der Waals surface area contributed by atoms with Crippen molar-refractivity contribution >= 4 is 25.8 Å². The summed E-state index contributed by atoms with van der Waals surface area (Å²) in [6, 6.07) is 5.45. The highest BCUT2D eigenvalue weighted by molar-refractivity contribution is 6.76. The van der Waals surface area contributed by atoms with Gasteiger partial charge in [0.25, 0.3) is 0 Å². The third-order valence-corrected chi connectivity index (χ3v) is 7.11. The van der Waals surface area contributed by atoms with Crippen LogP contribution < -0.4 is 0 Å². The molecule has 3 aliphatic rings. The molecule has 1 saturated carbocycles. The van der Waals surface area contributed by atoms with Crippen molar-refractivity contribution in [2.45, 2.75) is 43.9 Å². The minimum absolute atomic E-state index is 0.0116. The molecule has 1 fully saturated rings. The van der Waals surface area contributed by atoms with Crippen LogP contribution in [0.2, 0.25) is 25.7 Å². The van der Waals surface area contributed by atoms with Crippen molar-refractivity contribution in [2.75, 3.05) is 6.61 Å². The summed E-state index contributed by atoms with van der Waals surface area (Å²) in [6.45, 7) is 6.80. The molecule has 1 aromatic carbocycles. The Labute approximate surface area is 153 Å². The van der Waals surface area contributed by atoms with Crippen LogP contribution in [0.1, 0.15) is 29.4 Å². The van der Waals surface area contributed by atoms with Crippen LogP contribution in [0.3, 0.4) is 0 Å². The van der Waals surface area contributed by atoms with Crippen molar-refractivity contribution in [1.82, 2.24) is 0 Å². The van der Waals surface area contributed by atoms with Crippen molar-refractivity contribution in [3.05, 3.63) is 29.3 Å². The summed E-state index contributed by atoms with van der Waals surface area (Å²) in [5.41, 5.74) is 1.31. The van der Waals surface area contributed by atoms with Crippen molar-refractivity contribution in [3.8, 4) is 5.75 Å². The number of phenols is 1. The van der Waals surface area contributed by atoms with E-state index in [4.69, 9.17) is 4.74 Å². The smallest absolute Gasteiger partial charge is 0.310 e. The average Bonchev–Trinajstić information content (AvgIpc) is 2.52. The number of carboxylic acids is 1. The SMILES string of the molecule is C[Si](C)(C)CCOC(=O)[C@H]1[C@@H](C(=O)O)[C@H]2C(=O)C[C@@H]1c1ccc(O)cc12. The number of hydrogen-bond acceptors (Lipinski definition) is 5. The molecule has 0 aromatic heterocycles. The van der Waals surface area contributed by atoms with Gasteiger partial charge in [0.1, 0.15) is 11.5 Å². The van der Waals surface area contributed by atoms with E-state index in [1.54, 1.807) is 6.07 Å². The third-order valence-electron chi connectivity index (χ3n) is 5.41. The molecule has 3 aliphatic carbocycles. The molecule has 0 aliphatic heterocycles. The number of fused-ring (bicyclic) bond motifs is 2. The Morgan fingerprint density at radius 2 is 1.88 bits per heavy atom. The monoisotopic (exact) mass is 376 g/mol. The van der Waals surface area contributed by atoms with E-state index in [2.05, 4.69) is 19.6 Å². The molecule has 0 amide bonds. The van der Waals surface area contributed by atoms with Gasteiger partial charge in [0.2, 0.25) is 0 Å². The lowest BCUT2D eigenvalue weighted by Crippen LogP contribution is -2.50. The molecular weight excluding hydrogens is 352 g/mol. The zero-order chi connectivity index (χ0) is 19.2. The van der Waals surface area contributed by atoms with E-state index >= 15 is 0 Å². The Balaban J connectivity index is 1.93. The molecule has 0 unspecified atom stereocenters. The number of aromatic hydroxyl groups is 1. The van der Waals surface area contributed by atoms with Gasteiger partial charge in [0.05, 0.1) is 24.4 Å². The standard InChI is InChI=1S/C19H24O6Si/c1-26(2,3)7-6-25-19(24)16-13-9-14(21)15(17(16)18(22)23)12-8-10(20)4-5-11(12)13/h4-5,8,13,15-17,20H,6-7,9H2,1-3H3,(H,22,23)/t13-,15-,16-,17+/m1/s1. The summed E-state index contributed by atoms with van der Waals surface area (Å²) in [5.74, 6) is -5.33. The fourth-order valence-electron chi connectivity index (χ4n) is 4.13. The van der Waals surface area contributed by atoms with Gasteiger partial charge in [-0.25, -0.2) is 0 Å². The zero-order valence-corrected chi connectivity index (χ0v) is 16.2. The largest absolute Gasteiger partial charge is 0.508 e. The van der Waals surface area contributed by atoms with Crippen molar-refractivity contribution in [1.29, 1.82) is 0 Å². The highest BCUT2D eigenvalue weighted by atomic mass is 28.3. The highest BCUT2D eigenvalue weighted by Crippen LogP contribution is 2.55. The van der Waals surface area contributed by atoms with E-state index in [9.17, 15) is 24.6 Å². The van der Waals surface area contributed by atoms with E-state index in [0.717, 1.165) is 11.6 Å². The first-order chi connectivity index (χ1) is 12.1. The Morgan fingerprint density at radius 1 is 1.19 bits per heavy atom. The number of hydrogen-bond donors (Lipinski definition) is 2. The first kappa shape index (κ1) is 18.6. The molecule has 7 heteroatoms. The molecule has 140 valence electrons. The molecule has 4 rings (SSSR count). The van der Waals surface area contributed by atoms with Crippen LogP contribution in [0.25, 0.3) is 0 Å². The first-order valence-corrected chi connectivity index (χ1v) is 12.6. The van der Waals surface area contributed by atoms with Crippen molar-refractivity contribution < 1.29 is 29.3 Å². The number of Topliss-reactive ketones (excluding diaryl/α,β-unsaturated/α-hetero) is 1. The van der Waals surface area contributed by atoms with Gasteiger partial charge < -0.3 is 14.9 Å². The molecule has 2 bridgehead atoms. The molecule has 2 N–H and O–H groups in total. The molecule has 0 saturated heterocycles. The normalized spacial score (nSPS) is 27.1. The van der Waals surface area contributed by atoms with E-state index in [0.29, 0.717) is 5.56 Å². The topological polar surface area (TPSA) is 101 Å². The maximum absolute atomic E-state index is 12.7. The number of ether oxygens (including phenoxy) is 1. The minimum Gasteiger partial charge on any atom is -0.508 e. The number of phenolic OH excluding ortho intramolecular Hbond substituents is 1. The second kappa shape index (κ2) is 6.54. The molecule has 1 aromatic rings. The second-order valence-corrected chi connectivity index (χ2v) is 14.1. The second-order valence-electron chi connectivity index (χ2n) is 8.44. The summed E-state index contributed by atoms with van der Waals surface area (Å²) >= 11 is 0. The van der Waals surface area contributed by atoms with E-state index in [-0.39, 0.29) is 24.6 Å². The molecule has 4 atom stereocenters. The highest BCUT2D eigenvalue weighted by Gasteiger charge is 2.57. The van der Waals surface area contributed by atoms with Crippen molar-refractivity contribution in [2.24, 2.45) is 11.8 Å². The fraction of sp³-hybridized carbons (Fsp3) is 0.526. The summed E-state index contributed by atoms with van der Waals surface area (Å²) in [7, 11) is -1.38. The average molecular weight is 376 g/mol. The molecule has 0 radical (unpaired) electrons. The lowest BCUT2D eigenvalue weighted by molar-refractivity contribution is -0.164. The van der Waals surface area contributed by atoms with Crippen LogP contribution in [0.4, 0.5) is 0 Å². The van der Waals surface area contributed by atoms with Crippen LogP contribution in [0, 0.1) is 11.8 Å². The Hall–Kier alpha value is -2.15. The number of benzene rings is 1. The number of aliphatic carboxylic acids is 1. The predicted molar refractivity (Wildman–Crippen MR) is 96.9 cm³/mol. The van der Waals surface area contributed by atoms with E-state index in [1.165, 1.54) is 12.1 Å². The van der Waals surface area contributed by atoms with Crippen LogP contribution in [-0.2, 0) is 19.1 Å². The lowest BCUT2D eigenvalue weighted by atomic mass is 9.55. The number of carbonyl (C=O) groups is 3. The summed E-state index contributed by atoms with van der Waals surface area (Å²) in [5, 5.41) is 19.5. The summed E-state index contributed by atoms with van der Waals surface area (Å²) in [4.78, 5) is 37.1. The van der Waals surface area contributed by atoms with Crippen molar-refractivity contribution in [3.63, 3.8) is 0 Å². The fourth-order valence-corrected chi connectivity index (χ4v) is 4.84. The number of ketones is 1. The van der Waals surface area contributed by atoms with Gasteiger partial charge in [-0.05, 0) is 29.3 Å². The quantitative estimate of drug-likeness (QED) is 0.605. The van der Waals surface area contributed by atoms with E-state index in [1.807, 2.05) is 0 Å². The van der Waals surface area contributed by atoms with Gasteiger partial charge >= 0.3 is 11.9 Å². The molecular formula is C19H24O6Si. The van der Waals surface area contributed by atoms with Gasteiger partial charge in [0.15, 0.2) is 0 Å². The minimum atomic E-state index is -1.38. The Morgan fingerprint density at radius 3 is 2.50 bits per heavy atom. The van der Waals surface area contributed by atoms with Gasteiger partial charge in [-0.1, -0.05) is 25.7 Å². The van der Waals surface area contributed by atoms with Gasteiger partial charge in [-0.3, -0.25) is 14.4 Å². The zero-order valence-electron chi connectivity index (χ0n) is 15.2. The molecule has 26 heavy (non-hydrogen) atoms. The van der Waals surface area contributed by atoms with Gasteiger partial charge in [0, 0.05) is 20.4 Å². The Kier molecular flexibility index (Phi) is 4.68. The van der Waals surface area contributed by atoms with Crippen LogP contribution in [0.5, 0.6) is 5.75 Å². The molecule has 0 heterocycles. The molecule has 6 nitrogen and oxygen atoms in total. The van der Waals surface area contributed by atoms with Crippen LogP contribution >= 0.6 is 0 Å². The summed E-state index contributed by atoms with van der Waals surface area (Å²) < 4.78 is 5.44. The number of esters is 1. The van der Waals surface area contributed by atoms with Gasteiger partial charge in [-0.2, -0.15) is 0 Å². The first-order valence-electron chi connectivity index (χ1n) is 8.85. The third kappa shape index (κ3) is 3.27. The molecule has 0 spiro atoms. The number of rotatable bonds is 5.